The minimum Gasteiger partial charge on any atom is -0.354 e. The molecule has 0 aliphatic heterocycles. The fourth-order valence-corrected chi connectivity index (χ4v) is 2.66. The number of aryl methyl sites for hydroxylation is 1. The van der Waals surface area contributed by atoms with Gasteiger partial charge in [0.1, 0.15) is 5.82 Å². The summed E-state index contributed by atoms with van der Waals surface area (Å²) in [4.78, 5) is 16.0. The van der Waals surface area contributed by atoms with Crippen LogP contribution in [0.25, 0.3) is 22.3 Å². The van der Waals surface area contributed by atoms with Gasteiger partial charge in [-0.25, -0.2) is 9.97 Å². The highest BCUT2D eigenvalue weighted by Crippen LogP contribution is 2.43. The first kappa shape index (κ1) is 13.2. The number of fused-ring (bicyclic) bond motifs is 1. The first-order valence-electron chi connectivity index (χ1n) is 7.41. The zero-order valence-electron chi connectivity index (χ0n) is 13.0. The first-order chi connectivity index (χ1) is 10.6. The Balaban J connectivity index is 1.93. The van der Waals surface area contributed by atoms with Crippen LogP contribution in [-0.2, 0) is 7.05 Å². The zero-order valence-corrected chi connectivity index (χ0v) is 13.0. The predicted octanol–water partition coefficient (Wildman–Crippen LogP) is 2.41. The molecule has 0 atom stereocenters. The van der Waals surface area contributed by atoms with Crippen molar-refractivity contribution in [1.29, 1.82) is 0 Å². The van der Waals surface area contributed by atoms with E-state index in [0.29, 0.717) is 5.82 Å². The molecular formula is C16H18N6. The summed E-state index contributed by atoms with van der Waals surface area (Å²) in [6.45, 7) is 2.27. The largest absolute Gasteiger partial charge is 0.354 e. The van der Waals surface area contributed by atoms with Crippen molar-refractivity contribution in [3.63, 3.8) is 0 Å². The number of anilines is 1. The van der Waals surface area contributed by atoms with Gasteiger partial charge in [0.05, 0.1) is 23.5 Å². The normalized spacial score (nSPS) is 16.0. The molecule has 4 rings (SSSR count). The number of pyridine rings is 1. The Bertz CT molecular complexity index is 849. The van der Waals surface area contributed by atoms with E-state index in [1.54, 1.807) is 23.3 Å². The number of aromatic nitrogens is 5. The van der Waals surface area contributed by atoms with E-state index in [2.05, 4.69) is 33.9 Å². The molecule has 3 aromatic heterocycles. The molecule has 112 valence electrons. The highest BCUT2D eigenvalue weighted by molar-refractivity contribution is 5.90. The van der Waals surface area contributed by atoms with Gasteiger partial charge in [-0.2, -0.15) is 5.10 Å². The van der Waals surface area contributed by atoms with Crippen LogP contribution in [0.2, 0.25) is 0 Å². The molecule has 0 radical (unpaired) electrons. The zero-order chi connectivity index (χ0) is 15.3. The molecule has 0 spiro atoms. The van der Waals surface area contributed by atoms with Crippen molar-refractivity contribution >= 4 is 16.7 Å². The van der Waals surface area contributed by atoms with Gasteiger partial charge in [-0.05, 0) is 25.8 Å². The third-order valence-electron chi connectivity index (χ3n) is 4.54. The van der Waals surface area contributed by atoms with Gasteiger partial charge in [0.25, 0.3) is 0 Å². The molecule has 0 amide bonds. The summed E-state index contributed by atoms with van der Waals surface area (Å²) in [5.41, 5.74) is 1.99. The summed E-state index contributed by atoms with van der Waals surface area (Å²) in [6, 6.07) is 1.99. The second kappa shape index (κ2) is 4.50. The van der Waals surface area contributed by atoms with E-state index < -0.39 is 0 Å². The van der Waals surface area contributed by atoms with Crippen molar-refractivity contribution < 1.29 is 0 Å². The molecule has 6 nitrogen and oxygen atoms in total. The average molecular weight is 294 g/mol. The van der Waals surface area contributed by atoms with Crippen molar-refractivity contribution in [1.82, 2.24) is 24.7 Å². The molecule has 1 aliphatic rings. The second-order valence-electron chi connectivity index (χ2n) is 6.22. The monoisotopic (exact) mass is 294 g/mol. The van der Waals surface area contributed by atoms with Crippen LogP contribution in [0.1, 0.15) is 19.8 Å². The van der Waals surface area contributed by atoms with Crippen molar-refractivity contribution in [2.45, 2.75) is 25.3 Å². The molecule has 6 heteroatoms. The third-order valence-corrected chi connectivity index (χ3v) is 4.54. The number of hydrogen-bond donors (Lipinski definition) is 0. The highest BCUT2D eigenvalue weighted by atomic mass is 15.3. The molecule has 1 saturated carbocycles. The molecule has 1 aliphatic carbocycles. The Kier molecular flexibility index (Phi) is 2.69. The van der Waals surface area contributed by atoms with E-state index in [1.807, 2.05) is 19.3 Å². The topological polar surface area (TPSA) is 59.7 Å². The van der Waals surface area contributed by atoms with Gasteiger partial charge in [-0.1, -0.05) is 0 Å². The van der Waals surface area contributed by atoms with Crippen LogP contribution in [0.15, 0.2) is 30.9 Å². The Morgan fingerprint density at radius 2 is 2.05 bits per heavy atom. The summed E-state index contributed by atoms with van der Waals surface area (Å²) < 4.78 is 1.76. The third kappa shape index (κ3) is 2.03. The predicted molar refractivity (Wildman–Crippen MR) is 85.6 cm³/mol. The van der Waals surface area contributed by atoms with E-state index in [1.165, 1.54) is 12.8 Å². The Labute approximate surface area is 128 Å². The number of hydrogen-bond acceptors (Lipinski definition) is 5. The maximum atomic E-state index is 4.82. The van der Waals surface area contributed by atoms with Crippen LogP contribution in [0.4, 0.5) is 5.82 Å². The van der Waals surface area contributed by atoms with Gasteiger partial charge in [0.2, 0.25) is 0 Å². The van der Waals surface area contributed by atoms with Crippen LogP contribution in [-0.4, -0.2) is 37.3 Å². The molecule has 22 heavy (non-hydrogen) atoms. The molecular weight excluding hydrogens is 276 g/mol. The number of nitrogens with zero attached hydrogens (tertiary/aromatic N) is 6. The molecule has 1 fully saturated rings. The van der Waals surface area contributed by atoms with Gasteiger partial charge in [-0.3, -0.25) is 9.67 Å². The van der Waals surface area contributed by atoms with E-state index in [4.69, 9.17) is 4.98 Å². The summed E-state index contributed by atoms with van der Waals surface area (Å²) in [7, 11) is 4.01. The van der Waals surface area contributed by atoms with Gasteiger partial charge < -0.3 is 4.90 Å². The molecule has 0 bridgehead atoms. The fraction of sp³-hybridized carbons (Fsp3) is 0.375. The SMILES string of the molecule is CN(c1nc(-c2cnn(C)c2)nc2cnccc12)C1(C)CC1. The second-order valence-corrected chi connectivity index (χ2v) is 6.22. The lowest BCUT2D eigenvalue weighted by Gasteiger charge is -2.27. The minimum atomic E-state index is 0.205. The Morgan fingerprint density at radius 3 is 2.73 bits per heavy atom. The van der Waals surface area contributed by atoms with Crippen LogP contribution in [0.3, 0.4) is 0 Å². The Hall–Kier alpha value is -2.50. The summed E-state index contributed by atoms with van der Waals surface area (Å²) in [5.74, 6) is 1.66. The molecule has 3 aromatic rings. The summed E-state index contributed by atoms with van der Waals surface area (Å²) in [6.07, 6.45) is 9.70. The van der Waals surface area contributed by atoms with Crippen molar-refractivity contribution in [2.75, 3.05) is 11.9 Å². The standard InChI is InChI=1S/C16H18N6/c1-16(5-6-16)22(3)15-12-4-7-17-9-13(12)19-14(20-15)11-8-18-21(2)10-11/h4,7-10H,5-6H2,1-3H3. The quantitative estimate of drug-likeness (QED) is 0.742. The first-order valence-corrected chi connectivity index (χ1v) is 7.41. The maximum absolute atomic E-state index is 4.82. The van der Waals surface area contributed by atoms with Gasteiger partial charge in [0, 0.05) is 37.4 Å². The molecule has 3 heterocycles. The van der Waals surface area contributed by atoms with Crippen LogP contribution in [0, 0.1) is 0 Å². The maximum Gasteiger partial charge on any atom is 0.165 e. The van der Waals surface area contributed by atoms with E-state index in [9.17, 15) is 0 Å². The van der Waals surface area contributed by atoms with Gasteiger partial charge >= 0.3 is 0 Å². The average Bonchev–Trinajstić information content (AvgIpc) is 3.13. The van der Waals surface area contributed by atoms with Crippen molar-refractivity contribution in [2.24, 2.45) is 7.05 Å². The van der Waals surface area contributed by atoms with E-state index in [-0.39, 0.29) is 5.54 Å². The smallest absolute Gasteiger partial charge is 0.165 e. The molecule has 0 aromatic carbocycles. The molecule has 0 saturated heterocycles. The van der Waals surface area contributed by atoms with E-state index >= 15 is 0 Å². The minimum absolute atomic E-state index is 0.205. The van der Waals surface area contributed by atoms with Crippen LogP contribution in [0.5, 0.6) is 0 Å². The van der Waals surface area contributed by atoms with Crippen molar-refractivity contribution in [3.05, 3.63) is 30.9 Å². The lowest BCUT2D eigenvalue weighted by Crippen LogP contribution is -2.31. The lowest BCUT2D eigenvalue weighted by molar-refractivity contribution is 0.685. The van der Waals surface area contributed by atoms with Crippen LogP contribution >= 0.6 is 0 Å². The summed E-state index contributed by atoms with van der Waals surface area (Å²) in [5, 5.41) is 5.26. The highest BCUT2D eigenvalue weighted by Gasteiger charge is 2.42. The molecule has 0 N–H and O–H groups in total. The number of rotatable bonds is 3. The fourth-order valence-electron chi connectivity index (χ4n) is 2.66. The van der Waals surface area contributed by atoms with Crippen LogP contribution < -0.4 is 4.90 Å². The Morgan fingerprint density at radius 1 is 1.23 bits per heavy atom. The van der Waals surface area contributed by atoms with Gasteiger partial charge in [-0.15, -0.1) is 0 Å². The van der Waals surface area contributed by atoms with Gasteiger partial charge in [0.15, 0.2) is 5.82 Å². The summed E-state index contributed by atoms with van der Waals surface area (Å²) >= 11 is 0. The lowest BCUT2D eigenvalue weighted by atomic mass is 10.2. The molecule has 0 unspecified atom stereocenters. The van der Waals surface area contributed by atoms with Crippen molar-refractivity contribution in [3.8, 4) is 11.4 Å². The van der Waals surface area contributed by atoms with E-state index in [0.717, 1.165) is 22.3 Å².